The maximum absolute atomic E-state index is 14.3. The Labute approximate surface area is 411 Å². The van der Waals surface area contributed by atoms with Crippen LogP contribution in [0, 0.1) is 0 Å². The first-order chi connectivity index (χ1) is 33.0. The van der Waals surface area contributed by atoms with Crippen LogP contribution in [0.2, 0.25) is 0 Å². The molecule has 1 rings (SSSR count). The van der Waals surface area contributed by atoms with Gasteiger partial charge in [-0.3, -0.25) is 43.5 Å². The fraction of sp³-hybridized carbons (Fsp3) is 0.721. The molecule has 0 aromatic carbocycles. The van der Waals surface area contributed by atoms with Crippen molar-refractivity contribution in [3.8, 4) is 0 Å². The number of aliphatic hydroxyl groups excluding tert-OH is 1. The molecular weight excluding hydrogens is 915 g/mol. The molecule has 392 valence electrons. The number of rotatable bonds is 39. The molecule has 1 heterocycles. The van der Waals surface area contributed by atoms with Crippen LogP contribution in [0.1, 0.15) is 103 Å². The Balaban J connectivity index is 3.42. The molecule has 0 bridgehead atoms. The van der Waals surface area contributed by atoms with Crippen LogP contribution in [0.25, 0.3) is 0 Å². The molecule has 69 heavy (non-hydrogen) atoms. The Bertz CT molecular complexity index is 1730. The van der Waals surface area contributed by atoms with Crippen LogP contribution in [0.5, 0.6) is 0 Å². The van der Waals surface area contributed by atoms with E-state index in [1.807, 2.05) is 0 Å². The topological polar surface area (TPSA) is 416 Å². The number of aromatic nitrogens is 2. The van der Waals surface area contributed by atoms with Crippen molar-refractivity contribution >= 4 is 65.9 Å². The van der Waals surface area contributed by atoms with E-state index < -0.39 is 47.9 Å². The van der Waals surface area contributed by atoms with Gasteiger partial charge in [-0.1, -0.05) is 6.42 Å². The lowest BCUT2D eigenvalue weighted by molar-refractivity contribution is -0.142. The molecule has 25 nitrogen and oxygen atoms in total. The Morgan fingerprint density at radius 2 is 1.22 bits per heavy atom. The molecule has 1 aromatic heterocycles. The van der Waals surface area contributed by atoms with E-state index in [1.165, 1.54) is 23.1 Å². The number of guanidine groups is 2. The summed E-state index contributed by atoms with van der Waals surface area (Å²) in [5.74, 6) is -3.34. The fourth-order valence-corrected chi connectivity index (χ4v) is 7.30. The predicted molar refractivity (Wildman–Crippen MR) is 267 cm³/mol. The number of nitrogens with two attached hydrogens (primary N) is 6. The summed E-state index contributed by atoms with van der Waals surface area (Å²) < 4.78 is 0. The van der Waals surface area contributed by atoms with Gasteiger partial charge in [0, 0.05) is 89.3 Å². The molecule has 0 saturated carbocycles. The molecule has 0 aliphatic heterocycles. The number of hydrogen-bond donors (Lipinski definition) is 14. The van der Waals surface area contributed by atoms with Gasteiger partial charge in [0.05, 0.1) is 18.9 Å². The zero-order valence-corrected chi connectivity index (χ0v) is 41.2. The summed E-state index contributed by atoms with van der Waals surface area (Å²) in [6.07, 6.45) is 7.45. The predicted octanol–water partition coefficient (Wildman–Crippen LogP) is -3.47. The van der Waals surface area contributed by atoms with Gasteiger partial charge in [-0.05, 0) is 84.2 Å². The van der Waals surface area contributed by atoms with Crippen molar-refractivity contribution in [1.29, 1.82) is 0 Å². The van der Waals surface area contributed by atoms with Gasteiger partial charge in [0.1, 0.15) is 18.1 Å². The Morgan fingerprint density at radius 1 is 0.681 bits per heavy atom. The standard InChI is InChI=1S/C43H81N17O8S/c1-30(61)26-36(63)58-32(28-69)39(66)53-22-24-59(37(64)13-5-8-18-55-42(46)47)33(10-4-7-17-45)41(68)54-23-25-60(38(65)15-14-31-27-50-29-57-31)34(11-9-19-56-43(48)49)40(67)52-21-20-51-35(62)12-3-2-6-16-44/h27,29-30,32-34,61,69H,2-26,28,44-45H2,1H3,(H,50,57)(H,51,62)(H,52,67)(H,53,66)(H,54,68)(H,58,63)(H4,46,47,55)(H4,48,49,56)/t30-,32+,33+,34+/m1/s1. The Morgan fingerprint density at radius 3 is 1.78 bits per heavy atom. The van der Waals surface area contributed by atoms with E-state index in [9.17, 15) is 38.7 Å². The highest BCUT2D eigenvalue weighted by atomic mass is 32.1. The largest absolute Gasteiger partial charge is 0.393 e. The SMILES string of the molecule is C[C@@H](O)CC(=O)N[C@@H](CS)C(=O)NCCN(C(=O)CCCCN=C(N)N)[C@@H](CCCCN)C(=O)NCCN(C(=O)CCc1cnc[nH]1)[C@@H](CCCN=C(N)N)C(=O)NCCNC(=O)CCCCCN. The number of nitrogens with one attached hydrogen (secondary N) is 6. The number of aromatic amines is 1. The first-order valence-corrected chi connectivity index (χ1v) is 24.4. The minimum absolute atomic E-state index is 0.00868. The van der Waals surface area contributed by atoms with Gasteiger partial charge in [-0.25, -0.2) is 4.98 Å². The van der Waals surface area contributed by atoms with Crippen LogP contribution in [-0.2, 0) is 40.0 Å². The average Bonchev–Trinajstić information content (AvgIpc) is 3.83. The molecule has 0 fully saturated rings. The van der Waals surface area contributed by atoms with Gasteiger partial charge in [0.15, 0.2) is 11.9 Å². The van der Waals surface area contributed by atoms with Crippen molar-refractivity contribution in [2.75, 3.05) is 71.2 Å². The number of amides is 7. The zero-order valence-electron chi connectivity index (χ0n) is 40.3. The smallest absolute Gasteiger partial charge is 0.243 e. The second-order valence-electron chi connectivity index (χ2n) is 16.5. The van der Waals surface area contributed by atoms with Crippen LogP contribution >= 0.6 is 12.6 Å². The summed E-state index contributed by atoms with van der Waals surface area (Å²) in [5.41, 5.74) is 34.1. The summed E-state index contributed by atoms with van der Waals surface area (Å²) in [5, 5.41) is 23.4. The molecule has 1 aromatic rings. The molecular formula is C43H81N17O8S. The Hall–Kier alpha value is -5.73. The number of H-pyrrole nitrogens is 1. The summed E-state index contributed by atoms with van der Waals surface area (Å²) in [4.78, 5) is 112. The molecule has 0 spiro atoms. The molecule has 0 saturated heterocycles. The van der Waals surface area contributed by atoms with E-state index in [0.717, 1.165) is 12.8 Å². The summed E-state index contributed by atoms with van der Waals surface area (Å²) in [6.45, 7) is 2.61. The number of imidazole rings is 1. The molecule has 0 radical (unpaired) electrons. The maximum Gasteiger partial charge on any atom is 0.243 e. The van der Waals surface area contributed by atoms with Gasteiger partial charge in [-0.2, -0.15) is 12.6 Å². The van der Waals surface area contributed by atoms with Crippen molar-refractivity contribution in [1.82, 2.24) is 46.4 Å². The minimum Gasteiger partial charge on any atom is -0.393 e. The van der Waals surface area contributed by atoms with E-state index in [4.69, 9.17) is 34.4 Å². The van der Waals surface area contributed by atoms with E-state index in [0.29, 0.717) is 63.7 Å². The summed E-state index contributed by atoms with van der Waals surface area (Å²) >= 11 is 4.20. The van der Waals surface area contributed by atoms with Gasteiger partial charge in [0.25, 0.3) is 0 Å². The van der Waals surface area contributed by atoms with Gasteiger partial charge in [-0.15, -0.1) is 0 Å². The van der Waals surface area contributed by atoms with Crippen LogP contribution in [-0.4, -0.2) is 174 Å². The first kappa shape index (κ1) is 61.3. The number of aliphatic hydroxyl groups is 1. The van der Waals surface area contributed by atoms with Crippen molar-refractivity contribution in [3.63, 3.8) is 0 Å². The first-order valence-electron chi connectivity index (χ1n) is 23.8. The van der Waals surface area contributed by atoms with E-state index >= 15 is 0 Å². The fourth-order valence-electron chi connectivity index (χ4n) is 7.04. The number of unbranched alkanes of at least 4 members (excludes halogenated alkanes) is 4. The van der Waals surface area contributed by atoms with Crippen molar-refractivity contribution in [3.05, 3.63) is 18.2 Å². The summed E-state index contributed by atoms with van der Waals surface area (Å²) in [7, 11) is 0. The van der Waals surface area contributed by atoms with E-state index in [1.54, 1.807) is 6.20 Å². The second kappa shape index (κ2) is 37.2. The number of aliphatic imine (C=N–C) groups is 2. The lowest BCUT2D eigenvalue weighted by atomic mass is 10.0. The van der Waals surface area contributed by atoms with Crippen LogP contribution in [0.3, 0.4) is 0 Å². The number of thiol groups is 1. The molecule has 7 amide bonds. The highest BCUT2D eigenvalue weighted by Gasteiger charge is 2.32. The minimum atomic E-state index is -1.04. The number of aryl methyl sites for hydroxylation is 1. The van der Waals surface area contributed by atoms with E-state index in [2.05, 4.69) is 59.2 Å². The lowest BCUT2D eigenvalue weighted by Gasteiger charge is -2.33. The van der Waals surface area contributed by atoms with Gasteiger partial charge < -0.3 is 80.9 Å². The van der Waals surface area contributed by atoms with Gasteiger partial charge in [0.2, 0.25) is 41.4 Å². The molecule has 19 N–H and O–H groups in total. The van der Waals surface area contributed by atoms with Crippen LogP contribution in [0.15, 0.2) is 22.5 Å². The Kier molecular flexibility index (Phi) is 33.0. The van der Waals surface area contributed by atoms with E-state index in [-0.39, 0.29) is 126 Å². The molecule has 26 heteroatoms. The average molecular weight is 996 g/mol. The number of carbonyl (C=O) groups is 7. The normalized spacial score (nSPS) is 12.6. The summed E-state index contributed by atoms with van der Waals surface area (Å²) in [6, 6.07) is -3.10. The van der Waals surface area contributed by atoms with Crippen LogP contribution < -0.4 is 61.0 Å². The molecule has 4 atom stereocenters. The number of nitrogens with zero attached hydrogens (tertiary/aromatic N) is 5. The third-order valence-electron chi connectivity index (χ3n) is 10.6. The van der Waals surface area contributed by atoms with Crippen molar-refractivity contribution in [2.24, 2.45) is 44.4 Å². The van der Waals surface area contributed by atoms with Crippen molar-refractivity contribution in [2.45, 2.75) is 127 Å². The number of carbonyl (C=O) groups excluding carboxylic acids is 7. The molecule has 0 aliphatic carbocycles. The zero-order chi connectivity index (χ0) is 51.4. The highest BCUT2D eigenvalue weighted by molar-refractivity contribution is 7.80. The third kappa shape index (κ3) is 28.4. The monoisotopic (exact) mass is 996 g/mol. The van der Waals surface area contributed by atoms with Crippen LogP contribution in [0.4, 0.5) is 0 Å². The second-order valence-corrected chi connectivity index (χ2v) is 16.8. The number of hydrogen-bond acceptors (Lipinski definition) is 14. The molecule has 0 aliphatic rings. The lowest BCUT2D eigenvalue weighted by Crippen LogP contribution is -2.55. The van der Waals surface area contributed by atoms with Crippen molar-refractivity contribution < 1.29 is 38.7 Å². The van der Waals surface area contributed by atoms with Gasteiger partial charge >= 0.3 is 0 Å². The quantitative estimate of drug-likeness (QED) is 0.0132. The third-order valence-corrected chi connectivity index (χ3v) is 11.0. The highest BCUT2D eigenvalue weighted by Crippen LogP contribution is 2.15. The molecule has 0 unspecified atom stereocenters. The maximum atomic E-state index is 14.3.